The predicted molar refractivity (Wildman–Crippen MR) is 82.4 cm³/mol. The van der Waals surface area contributed by atoms with Crippen LogP contribution in [-0.4, -0.2) is 25.6 Å². The second-order valence-electron chi connectivity index (χ2n) is 6.52. The van der Waals surface area contributed by atoms with E-state index >= 15 is 0 Å². The Balaban J connectivity index is 2.59. The summed E-state index contributed by atoms with van der Waals surface area (Å²) in [4.78, 5) is 8.43. The average molecular weight is 296 g/mol. The molecule has 0 fully saturated rings. The molecule has 0 aliphatic carbocycles. The molecule has 1 atom stereocenters. The highest BCUT2D eigenvalue weighted by molar-refractivity contribution is 6.30. The lowest BCUT2D eigenvalue weighted by atomic mass is 9.88. The van der Waals surface area contributed by atoms with E-state index in [1.54, 1.807) is 4.52 Å². The van der Waals surface area contributed by atoms with Crippen molar-refractivity contribution in [3.05, 3.63) is 17.0 Å². The molecule has 0 bridgehead atoms. The van der Waals surface area contributed by atoms with Crippen molar-refractivity contribution in [2.24, 2.45) is 5.41 Å². The van der Waals surface area contributed by atoms with Crippen molar-refractivity contribution in [1.82, 2.24) is 19.6 Å². The van der Waals surface area contributed by atoms with E-state index in [4.69, 9.17) is 11.6 Å². The summed E-state index contributed by atoms with van der Waals surface area (Å²) in [5, 5.41) is 8.29. The fourth-order valence-electron chi connectivity index (χ4n) is 1.90. The Labute approximate surface area is 124 Å². The van der Waals surface area contributed by atoms with Crippen LogP contribution in [-0.2, 0) is 0 Å². The molecule has 0 aliphatic rings. The molecule has 0 aromatic carbocycles. The van der Waals surface area contributed by atoms with Gasteiger partial charge in [0, 0.05) is 11.6 Å². The van der Waals surface area contributed by atoms with E-state index in [9.17, 15) is 0 Å². The molecule has 5 nitrogen and oxygen atoms in total. The molecule has 0 amide bonds. The number of halogens is 1. The van der Waals surface area contributed by atoms with E-state index in [1.165, 1.54) is 6.33 Å². The molecule has 2 aromatic rings. The lowest BCUT2D eigenvalue weighted by Gasteiger charge is -2.30. The molecule has 2 heterocycles. The molecule has 0 saturated heterocycles. The Morgan fingerprint density at radius 3 is 2.45 bits per heavy atom. The molecule has 2 rings (SSSR count). The first kappa shape index (κ1) is 15.0. The number of anilines is 1. The van der Waals surface area contributed by atoms with Gasteiger partial charge in [-0.25, -0.2) is 0 Å². The fraction of sp³-hybridized carbons (Fsp3) is 0.643. The Kier molecular flexibility index (Phi) is 3.91. The number of aromatic nitrogens is 4. The van der Waals surface area contributed by atoms with Gasteiger partial charge in [0.05, 0.1) is 0 Å². The summed E-state index contributed by atoms with van der Waals surface area (Å²) in [6, 6.07) is 0.255. The molecular formula is C14H22ClN5. The van der Waals surface area contributed by atoms with Crippen molar-refractivity contribution in [3.8, 4) is 0 Å². The van der Waals surface area contributed by atoms with E-state index in [-0.39, 0.29) is 17.4 Å². The van der Waals surface area contributed by atoms with Gasteiger partial charge in [-0.1, -0.05) is 46.2 Å². The highest BCUT2D eigenvalue weighted by atomic mass is 35.5. The van der Waals surface area contributed by atoms with Crippen molar-refractivity contribution >= 4 is 23.2 Å². The first-order valence-electron chi connectivity index (χ1n) is 6.87. The van der Waals surface area contributed by atoms with Gasteiger partial charge in [-0.05, 0) is 18.3 Å². The van der Waals surface area contributed by atoms with E-state index in [2.05, 4.69) is 61.9 Å². The molecule has 1 N–H and O–H groups in total. The van der Waals surface area contributed by atoms with Crippen molar-refractivity contribution in [2.45, 2.75) is 53.5 Å². The highest BCUT2D eigenvalue weighted by Gasteiger charge is 2.24. The first-order chi connectivity index (χ1) is 9.21. The van der Waals surface area contributed by atoms with Crippen molar-refractivity contribution in [2.75, 3.05) is 5.32 Å². The van der Waals surface area contributed by atoms with Crippen molar-refractivity contribution in [1.29, 1.82) is 0 Å². The second kappa shape index (κ2) is 5.20. The van der Waals surface area contributed by atoms with Crippen LogP contribution in [0, 0.1) is 5.41 Å². The van der Waals surface area contributed by atoms with E-state index in [0.717, 1.165) is 11.4 Å². The maximum atomic E-state index is 6.33. The number of rotatable bonds is 3. The molecule has 0 spiro atoms. The molecule has 0 unspecified atom stereocenters. The summed E-state index contributed by atoms with van der Waals surface area (Å²) in [5.41, 5.74) is 1.09. The Hall–Kier alpha value is -1.36. The smallest absolute Gasteiger partial charge is 0.255 e. The summed E-state index contributed by atoms with van der Waals surface area (Å²) in [5.74, 6) is 1.65. The second-order valence-corrected chi connectivity index (χ2v) is 6.88. The van der Waals surface area contributed by atoms with Crippen LogP contribution in [0.5, 0.6) is 0 Å². The fourth-order valence-corrected chi connectivity index (χ4v) is 2.28. The Bertz CT molecular complexity index is 612. The zero-order valence-electron chi connectivity index (χ0n) is 12.9. The van der Waals surface area contributed by atoms with Gasteiger partial charge in [0.15, 0.2) is 0 Å². The maximum absolute atomic E-state index is 6.33. The van der Waals surface area contributed by atoms with Gasteiger partial charge >= 0.3 is 0 Å². The third-order valence-electron chi connectivity index (χ3n) is 3.65. The van der Waals surface area contributed by atoms with Crippen LogP contribution in [0.15, 0.2) is 6.33 Å². The SMILES string of the molecule is CC(C)c1c(Cl)nc2ncnn2c1N[C@@H](C)C(C)(C)C. The topological polar surface area (TPSA) is 55.1 Å². The number of nitrogens with one attached hydrogen (secondary N) is 1. The number of hydrogen-bond donors (Lipinski definition) is 1. The van der Waals surface area contributed by atoms with Gasteiger partial charge in [-0.2, -0.15) is 19.6 Å². The minimum atomic E-state index is 0.122. The van der Waals surface area contributed by atoms with E-state index in [0.29, 0.717) is 10.9 Å². The summed E-state index contributed by atoms with van der Waals surface area (Å²) < 4.78 is 1.73. The molecule has 6 heteroatoms. The summed E-state index contributed by atoms with van der Waals surface area (Å²) in [6.07, 6.45) is 1.50. The summed E-state index contributed by atoms with van der Waals surface area (Å²) in [7, 11) is 0. The zero-order valence-corrected chi connectivity index (χ0v) is 13.7. The largest absolute Gasteiger partial charge is 0.367 e. The lowest BCUT2D eigenvalue weighted by Crippen LogP contribution is -2.32. The van der Waals surface area contributed by atoms with Crippen LogP contribution in [0.4, 0.5) is 5.82 Å². The molecule has 110 valence electrons. The number of nitrogens with zero attached hydrogens (tertiary/aromatic N) is 4. The van der Waals surface area contributed by atoms with Crippen LogP contribution in [0.3, 0.4) is 0 Å². The molecule has 20 heavy (non-hydrogen) atoms. The van der Waals surface area contributed by atoms with Gasteiger partial charge in [0.2, 0.25) is 0 Å². The van der Waals surface area contributed by atoms with Crippen LogP contribution < -0.4 is 5.32 Å². The van der Waals surface area contributed by atoms with E-state index in [1.807, 2.05) is 0 Å². The first-order valence-corrected chi connectivity index (χ1v) is 7.25. The number of fused-ring (bicyclic) bond motifs is 1. The van der Waals surface area contributed by atoms with Gasteiger partial charge < -0.3 is 5.32 Å². The van der Waals surface area contributed by atoms with Crippen LogP contribution in [0.1, 0.15) is 53.0 Å². The van der Waals surface area contributed by atoms with Gasteiger partial charge in [-0.15, -0.1) is 0 Å². The molecule has 0 radical (unpaired) electrons. The molecule has 0 aliphatic heterocycles. The molecule has 2 aromatic heterocycles. The zero-order chi connectivity index (χ0) is 15.1. The van der Waals surface area contributed by atoms with E-state index < -0.39 is 0 Å². The van der Waals surface area contributed by atoms with Gasteiger partial charge in [0.25, 0.3) is 5.78 Å². The van der Waals surface area contributed by atoms with Crippen molar-refractivity contribution < 1.29 is 0 Å². The lowest BCUT2D eigenvalue weighted by molar-refractivity contribution is 0.358. The molecule has 0 saturated carbocycles. The quantitative estimate of drug-likeness (QED) is 0.876. The Morgan fingerprint density at radius 1 is 1.25 bits per heavy atom. The Morgan fingerprint density at radius 2 is 1.90 bits per heavy atom. The third-order valence-corrected chi connectivity index (χ3v) is 3.93. The van der Waals surface area contributed by atoms with Crippen LogP contribution >= 0.6 is 11.6 Å². The minimum absolute atomic E-state index is 0.122. The van der Waals surface area contributed by atoms with Crippen LogP contribution in [0.2, 0.25) is 5.15 Å². The predicted octanol–water partition coefficient (Wildman–Crippen LogP) is 3.75. The minimum Gasteiger partial charge on any atom is -0.367 e. The summed E-state index contributed by atoms with van der Waals surface area (Å²) >= 11 is 6.33. The third kappa shape index (κ3) is 2.73. The highest BCUT2D eigenvalue weighted by Crippen LogP contribution is 2.32. The maximum Gasteiger partial charge on any atom is 0.255 e. The number of hydrogen-bond acceptors (Lipinski definition) is 4. The monoisotopic (exact) mass is 295 g/mol. The normalized spacial score (nSPS) is 14.0. The van der Waals surface area contributed by atoms with Gasteiger partial charge in [0.1, 0.15) is 17.3 Å². The van der Waals surface area contributed by atoms with Gasteiger partial charge in [-0.3, -0.25) is 0 Å². The van der Waals surface area contributed by atoms with Crippen LogP contribution in [0.25, 0.3) is 5.78 Å². The standard InChI is InChI=1S/C14H22ClN5/c1-8(2)10-11(15)19-13-16-7-17-20(13)12(10)18-9(3)14(4,5)6/h7-9,18H,1-6H3/t9-/m0/s1. The average Bonchev–Trinajstić information content (AvgIpc) is 2.74. The summed E-state index contributed by atoms with van der Waals surface area (Å²) in [6.45, 7) is 12.9. The molecular weight excluding hydrogens is 274 g/mol. The van der Waals surface area contributed by atoms with Crippen molar-refractivity contribution in [3.63, 3.8) is 0 Å².